The summed E-state index contributed by atoms with van der Waals surface area (Å²) in [6.45, 7) is 0.159. The highest BCUT2D eigenvalue weighted by atomic mass is 79.9. The van der Waals surface area contributed by atoms with Gasteiger partial charge >= 0.3 is 0 Å². The first-order chi connectivity index (χ1) is 11.7. The Balaban J connectivity index is 4.35. The Kier molecular flexibility index (Phi) is 11.1. The molecule has 0 rings (SSSR count). The first-order valence-corrected chi connectivity index (χ1v) is 8.46. The predicted molar refractivity (Wildman–Crippen MR) is 90.2 cm³/mol. The average Bonchev–Trinajstić information content (AvgIpc) is 2.59. The van der Waals surface area contributed by atoms with Crippen LogP contribution in [0, 0.1) is 0 Å². The molecule has 0 saturated heterocycles. The van der Waals surface area contributed by atoms with Crippen LogP contribution in [0.2, 0.25) is 0 Å². The largest absolute Gasteiger partial charge is 0.394 e. The molecule has 0 fully saturated rings. The lowest BCUT2D eigenvalue weighted by Gasteiger charge is -2.19. The van der Waals surface area contributed by atoms with Crippen molar-refractivity contribution >= 4 is 45.5 Å². The van der Waals surface area contributed by atoms with Crippen LogP contribution >= 0.6 is 15.9 Å². The van der Waals surface area contributed by atoms with Gasteiger partial charge in [-0.3, -0.25) is 24.0 Å². The number of hydrogen-bond acceptors (Lipinski definition) is 6. The number of carbonyl (C=O) groups is 5. The molecule has 0 bridgehead atoms. The molecular formula is C13H22BrN5O6. The molecular weight excluding hydrogens is 402 g/mol. The summed E-state index contributed by atoms with van der Waals surface area (Å²) in [6, 6.07) is -2.22. The third-order valence-corrected chi connectivity index (χ3v) is 3.43. The molecule has 11 nitrogen and oxygen atoms in total. The Morgan fingerprint density at radius 3 is 2.00 bits per heavy atom. The molecule has 2 atom stereocenters. The molecule has 142 valence electrons. The second-order valence-electron chi connectivity index (χ2n) is 4.86. The maximum absolute atomic E-state index is 11.9. The summed E-state index contributed by atoms with van der Waals surface area (Å²) >= 11 is 2.91. The Bertz CT molecular complexity index is 515. The SMILES string of the molecule is CC[C@H](NC(=O)C(CO)NC(=O)CNC(=O)CNC(=O)CBr)C(N)=O. The zero-order valence-corrected chi connectivity index (χ0v) is 15.2. The molecule has 0 aromatic heterocycles. The second kappa shape index (κ2) is 12.2. The molecule has 1 unspecified atom stereocenters. The third kappa shape index (κ3) is 9.62. The summed E-state index contributed by atoms with van der Waals surface area (Å²) < 4.78 is 0. The van der Waals surface area contributed by atoms with Gasteiger partial charge in [-0.2, -0.15) is 0 Å². The quantitative estimate of drug-likeness (QED) is 0.187. The van der Waals surface area contributed by atoms with Crippen molar-refractivity contribution in [1.82, 2.24) is 21.3 Å². The van der Waals surface area contributed by atoms with Crippen LogP contribution in [0.1, 0.15) is 13.3 Å². The topological polar surface area (TPSA) is 180 Å². The molecule has 0 aliphatic rings. The van der Waals surface area contributed by atoms with Crippen molar-refractivity contribution in [3.8, 4) is 0 Å². The number of hydrogen-bond donors (Lipinski definition) is 6. The maximum Gasteiger partial charge on any atom is 0.245 e. The Morgan fingerprint density at radius 2 is 1.52 bits per heavy atom. The molecule has 7 N–H and O–H groups in total. The highest BCUT2D eigenvalue weighted by molar-refractivity contribution is 9.09. The molecule has 0 saturated carbocycles. The average molecular weight is 424 g/mol. The molecule has 0 radical (unpaired) electrons. The lowest BCUT2D eigenvalue weighted by Crippen LogP contribution is -2.55. The van der Waals surface area contributed by atoms with Gasteiger partial charge < -0.3 is 32.1 Å². The number of rotatable bonds is 11. The Morgan fingerprint density at radius 1 is 0.960 bits per heavy atom. The van der Waals surface area contributed by atoms with E-state index in [9.17, 15) is 29.1 Å². The lowest BCUT2D eigenvalue weighted by atomic mass is 10.2. The maximum atomic E-state index is 11.9. The van der Waals surface area contributed by atoms with Gasteiger partial charge in [0.05, 0.1) is 25.0 Å². The third-order valence-electron chi connectivity index (χ3n) is 2.92. The molecule has 0 heterocycles. The van der Waals surface area contributed by atoms with Crippen LogP contribution in [-0.2, 0) is 24.0 Å². The monoisotopic (exact) mass is 423 g/mol. The van der Waals surface area contributed by atoms with E-state index in [1.165, 1.54) is 0 Å². The molecule has 0 aromatic rings. The van der Waals surface area contributed by atoms with Gasteiger partial charge in [0.15, 0.2) is 0 Å². The minimum Gasteiger partial charge on any atom is -0.394 e. The van der Waals surface area contributed by atoms with E-state index in [0.29, 0.717) is 0 Å². The lowest BCUT2D eigenvalue weighted by molar-refractivity contribution is -0.132. The van der Waals surface area contributed by atoms with Crippen LogP contribution < -0.4 is 27.0 Å². The van der Waals surface area contributed by atoms with Crippen molar-refractivity contribution in [2.75, 3.05) is 25.0 Å². The Labute approximate surface area is 152 Å². The van der Waals surface area contributed by atoms with E-state index in [1.54, 1.807) is 6.92 Å². The highest BCUT2D eigenvalue weighted by Gasteiger charge is 2.24. The first-order valence-electron chi connectivity index (χ1n) is 7.34. The molecule has 0 aliphatic carbocycles. The number of primary amides is 1. The van der Waals surface area contributed by atoms with Crippen molar-refractivity contribution in [2.24, 2.45) is 5.73 Å². The van der Waals surface area contributed by atoms with E-state index in [4.69, 9.17) is 5.73 Å². The molecule has 0 aliphatic heterocycles. The van der Waals surface area contributed by atoms with Crippen LogP contribution in [0.4, 0.5) is 0 Å². The highest BCUT2D eigenvalue weighted by Crippen LogP contribution is 1.92. The number of aliphatic hydroxyl groups excluding tert-OH is 1. The van der Waals surface area contributed by atoms with E-state index in [-0.39, 0.29) is 18.3 Å². The molecule has 0 spiro atoms. The van der Waals surface area contributed by atoms with Crippen molar-refractivity contribution in [3.05, 3.63) is 0 Å². The number of nitrogens with two attached hydrogens (primary N) is 1. The van der Waals surface area contributed by atoms with Crippen LogP contribution in [-0.4, -0.2) is 71.8 Å². The van der Waals surface area contributed by atoms with Gasteiger partial charge in [0.1, 0.15) is 12.1 Å². The number of alkyl halides is 1. The minimum absolute atomic E-state index is 0.0398. The summed E-state index contributed by atoms with van der Waals surface area (Å²) in [4.78, 5) is 57.1. The fraction of sp³-hybridized carbons (Fsp3) is 0.615. The normalized spacial score (nSPS) is 12.4. The van der Waals surface area contributed by atoms with Gasteiger partial charge in [0.2, 0.25) is 29.5 Å². The smallest absolute Gasteiger partial charge is 0.245 e. The van der Waals surface area contributed by atoms with Crippen LogP contribution in [0.15, 0.2) is 0 Å². The van der Waals surface area contributed by atoms with Crippen molar-refractivity contribution in [1.29, 1.82) is 0 Å². The standard InChI is InChI=1S/C13H22BrN5O6/c1-2-7(12(15)24)19-13(25)8(6-20)18-11(23)5-17-10(22)4-16-9(21)3-14/h7-8,20H,2-6H2,1H3,(H2,15,24)(H,16,21)(H,17,22)(H,18,23)(H,19,25)/t7-,8?/m0/s1. The van der Waals surface area contributed by atoms with Crippen molar-refractivity contribution in [2.45, 2.75) is 25.4 Å². The number of halogens is 1. The molecule has 12 heteroatoms. The zero-order chi connectivity index (χ0) is 19.4. The first kappa shape index (κ1) is 22.8. The van der Waals surface area contributed by atoms with Gasteiger partial charge in [-0.05, 0) is 6.42 Å². The molecule has 25 heavy (non-hydrogen) atoms. The van der Waals surface area contributed by atoms with E-state index < -0.39 is 54.8 Å². The van der Waals surface area contributed by atoms with Crippen LogP contribution in [0.25, 0.3) is 0 Å². The summed E-state index contributed by atoms with van der Waals surface area (Å²) in [5.74, 6) is -3.25. The van der Waals surface area contributed by atoms with Gasteiger partial charge in [-0.1, -0.05) is 22.9 Å². The molecule has 5 amide bonds. The number of nitrogens with one attached hydrogen (secondary N) is 4. The van der Waals surface area contributed by atoms with Gasteiger partial charge in [-0.25, -0.2) is 0 Å². The fourth-order valence-corrected chi connectivity index (χ4v) is 1.75. The van der Waals surface area contributed by atoms with Crippen LogP contribution in [0.3, 0.4) is 0 Å². The number of aliphatic hydroxyl groups is 1. The summed E-state index contributed by atoms with van der Waals surface area (Å²) in [5, 5.41) is 18.3. The number of amides is 5. The summed E-state index contributed by atoms with van der Waals surface area (Å²) in [5.41, 5.74) is 5.10. The van der Waals surface area contributed by atoms with E-state index >= 15 is 0 Å². The van der Waals surface area contributed by atoms with Gasteiger partial charge in [0.25, 0.3) is 0 Å². The van der Waals surface area contributed by atoms with E-state index in [0.717, 1.165) is 0 Å². The van der Waals surface area contributed by atoms with Gasteiger partial charge in [0, 0.05) is 0 Å². The summed E-state index contributed by atoms with van der Waals surface area (Å²) in [7, 11) is 0. The van der Waals surface area contributed by atoms with Gasteiger partial charge in [-0.15, -0.1) is 0 Å². The van der Waals surface area contributed by atoms with E-state index in [1.807, 2.05) is 0 Å². The van der Waals surface area contributed by atoms with Crippen molar-refractivity contribution in [3.63, 3.8) is 0 Å². The fourth-order valence-electron chi connectivity index (χ4n) is 1.55. The summed E-state index contributed by atoms with van der Waals surface area (Å²) in [6.07, 6.45) is 0.253. The van der Waals surface area contributed by atoms with E-state index in [2.05, 4.69) is 37.2 Å². The minimum atomic E-state index is -1.30. The molecule has 0 aromatic carbocycles. The predicted octanol–water partition coefficient (Wildman–Crippen LogP) is -3.53. The number of carbonyl (C=O) groups excluding carboxylic acids is 5. The van der Waals surface area contributed by atoms with Crippen LogP contribution in [0.5, 0.6) is 0 Å². The Hall–Kier alpha value is -2.21. The van der Waals surface area contributed by atoms with Crippen molar-refractivity contribution < 1.29 is 29.1 Å². The zero-order valence-electron chi connectivity index (χ0n) is 13.6. The second-order valence-corrected chi connectivity index (χ2v) is 5.42.